The van der Waals surface area contributed by atoms with Gasteiger partial charge in [0.1, 0.15) is 5.82 Å². The number of carbonyl (C=O) groups is 1. The summed E-state index contributed by atoms with van der Waals surface area (Å²) < 4.78 is 0. The number of nitrogen functional groups attached to an aromatic ring is 1. The first-order valence-electron chi connectivity index (χ1n) is 6.88. The van der Waals surface area contributed by atoms with Crippen LogP contribution in [0, 0.1) is 17.8 Å². The fraction of sp³-hybridized carbons (Fsp3) is 0.571. The van der Waals surface area contributed by atoms with Gasteiger partial charge in [-0.1, -0.05) is 0 Å². The molecule has 1 heterocycles. The summed E-state index contributed by atoms with van der Waals surface area (Å²) in [7, 11) is 0. The number of hydrogen-bond donors (Lipinski definition) is 3. The Morgan fingerprint density at radius 3 is 2.53 bits per heavy atom. The molecule has 5 nitrogen and oxygen atoms in total. The van der Waals surface area contributed by atoms with Crippen LogP contribution in [0.25, 0.3) is 0 Å². The van der Waals surface area contributed by atoms with Crippen molar-refractivity contribution in [3.8, 4) is 0 Å². The molecule has 0 aromatic carbocycles. The number of aromatic carboxylic acids is 1. The lowest BCUT2D eigenvalue weighted by atomic mass is 9.98. The first-order chi connectivity index (χ1) is 9.15. The number of hydrogen-bond acceptors (Lipinski definition) is 4. The van der Waals surface area contributed by atoms with E-state index in [1.807, 2.05) is 0 Å². The average Bonchev–Trinajstić information content (AvgIpc) is 3.25. The molecule has 0 saturated heterocycles. The Labute approximate surface area is 112 Å². The zero-order valence-electron chi connectivity index (χ0n) is 10.8. The van der Waals surface area contributed by atoms with Crippen molar-refractivity contribution in [3.63, 3.8) is 0 Å². The van der Waals surface area contributed by atoms with Gasteiger partial charge in [-0.2, -0.15) is 0 Å². The van der Waals surface area contributed by atoms with Crippen LogP contribution < -0.4 is 11.1 Å². The van der Waals surface area contributed by atoms with Gasteiger partial charge in [-0.3, -0.25) is 0 Å². The third-order valence-electron chi connectivity index (χ3n) is 4.12. The Kier molecular flexibility index (Phi) is 3.05. The van der Waals surface area contributed by atoms with Gasteiger partial charge in [0.05, 0.1) is 11.3 Å². The molecule has 102 valence electrons. The number of carboxylic acid groups (broad SMARTS) is 1. The molecule has 1 aromatic heterocycles. The molecule has 3 rings (SSSR count). The van der Waals surface area contributed by atoms with E-state index in [4.69, 9.17) is 10.8 Å². The monoisotopic (exact) mass is 261 g/mol. The second-order valence-electron chi connectivity index (χ2n) is 5.69. The molecular weight excluding hydrogens is 242 g/mol. The lowest BCUT2D eigenvalue weighted by Crippen LogP contribution is -2.19. The van der Waals surface area contributed by atoms with Crippen molar-refractivity contribution in [1.82, 2.24) is 4.98 Å². The Morgan fingerprint density at radius 2 is 2.05 bits per heavy atom. The fourth-order valence-electron chi connectivity index (χ4n) is 2.73. The minimum absolute atomic E-state index is 0.129. The van der Waals surface area contributed by atoms with Gasteiger partial charge in [-0.05, 0) is 49.5 Å². The molecule has 0 radical (unpaired) electrons. The molecule has 2 saturated carbocycles. The van der Waals surface area contributed by atoms with Crippen molar-refractivity contribution in [1.29, 1.82) is 0 Å². The van der Waals surface area contributed by atoms with Crippen LogP contribution in [0.5, 0.6) is 0 Å². The summed E-state index contributed by atoms with van der Waals surface area (Å²) in [5.74, 6) is 2.09. The van der Waals surface area contributed by atoms with E-state index < -0.39 is 5.97 Å². The molecule has 4 N–H and O–H groups in total. The highest BCUT2D eigenvalue weighted by Gasteiger charge is 2.41. The summed E-state index contributed by atoms with van der Waals surface area (Å²) in [5.41, 5.74) is 6.38. The SMILES string of the molecule is Nc1cc(C(=O)O)cnc1NCC(C1CC1)C1CC1. The van der Waals surface area contributed by atoms with E-state index in [0.29, 0.717) is 11.5 Å². The Balaban J connectivity index is 1.64. The van der Waals surface area contributed by atoms with Gasteiger partial charge in [-0.25, -0.2) is 9.78 Å². The van der Waals surface area contributed by atoms with Crippen LogP contribution in [-0.2, 0) is 0 Å². The maximum absolute atomic E-state index is 10.8. The largest absolute Gasteiger partial charge is 0.478 e. The number of nitrogens with one attached hydrogen (secondary N) is 1. The Bertz CT molecular complexity index is 483. The van der Waals surface area contributed by atoms with E-state index in [2.05, 4.69) is 10.3 Å². The van der Waals surface area contributed by atoms with Crippen molar-refractivity contribution in [2.45, 2.75) is 25.7 Å². The van der Waals surface area contributed by atoms with E-state index >= 15 is 0 Å². The lowest BCUT2D eigenvalue weighted by Gasteiger charge is -2.17. The average molecular weight is 261 g/mol. The van der Waals surface area contributed by atoms with Crippen molar-refractivity contribution < 1.29 is 9.90 Å². The van der Waals surface area contributed by atoms with Crippen LogP contribution in [-0.4, -0.2) is 22.6 Å². The van der Waals surface area contributed by atoms with Gasteiger partial charge < -0.3 is 16.2 Å². The topological polar surface area (TPSA) is 88.2 Å². The minimum atomic E-state index is -1.00. The maximum atomic E-state index is 10.8. The summed E-state index contributed by atoms with van der Waals surface area (Å²) in [4.78, 5) is 14.9. The number of carboxylic acids is 1. The van der Waals surface area contributed by atoms with Crippen molar-refractivity contribution in [3.05, 3.63) is 17.8 Å². The van der Waals surface area contributed by atoms with Crippen LogP contribution in [0.3, 0.4) is 0 Å². The standard InChI is InChI=1S/C14H19N3O2/c15-12-5-10(14(18)19)6-16-13(12)17-7-11(8-1-2-8)9-3-4-9/h5-6,8-9,11H,1-4,7,15H2,(H,16,17)(H,18,19). The number of aromatic nitrogens is 1. The van der Waals surface area contributed by atoms with E-state index in [-0.39, 0.29) is 5.56 Å². The highest BCUT2D eigenvalue weighted by atomic mass is 16.4. The molecule has 1 aromatic rings. The molecule has 2 aliphatic rings. The van der Waals surface area contributed by atoms with Crippen LogP contribution in [0.1, 0.15) is 36.0 Å². The summed E-state index contributed by atoms with van der Waals surface area (Å²) in [6, 6.07) is 1.46. The minimum Gasteiger partial charge on any atom is -0.478 e. The molecule has 2 fully saturated rings. The molecule has 0 aliphatic heterocycles. The molecular formula is C14H19N3O2. The van der Waals surface area contributed by atoms with Gasteiger partial charge in [0, 0.05) is 12.7 Å². The van der Waals surface area contributed by atoms with Crippen molar-refractivity contribution >= 4 is 17.5 Å². The summed E-state index contributed by atoms with van der Waals surface area (Å²) in [5, 5.41) is 12.2. The molecule has 2 aliphatic carbocycles. The van der Waals surface area contributed by atoms with Crippen LogP contribution in [0.4, 0.5) is 11.5 Å². The smallest absolute Gasteiger partial charge is 0.337 e. The van der Waals surface area contributed by atoms with Gasteiger partial charge in [0.25, 0.3) is 0 Å². The van der Waals surface area contributed by atoms with Gasteiger partial charge in [0.15, 0.2) is 0 Å². The third-order valence-corrected chi connectivity index (χ3v) is 4.12. The molecule has 0 atom stereocenters. The first kappa shape index (κ1) is 12.3. The number of nitrogens with two attached hydrogens (primary N) is 1. The number of nitrogens with zero attached hydrogens (tertiary/aromatic N) is 1. The van der Waals surface area contributed by atoms with Crippen molar-refractivity contribution in [2.24, 2.45) is 17.8 Å². The van der Waals surface area contributed by atoms with Crippen LogP contribution >= 0.6 is 0 Å². The molecule has 0 unspecified atom stereocenters. The van der Waals surface area contributed by atoms with E-state index in [9.17, 15) is 4.79 Å². The summed E-state index contributed by atoms with van der Waals surface area (Å²) in [6.07, 6.45) is 6.76. The van der Waals surface area contributed by atoms with E-state index in [0.717, 1.165) is 24.3 Å². The van der Waals surface area contributed by atoms with Crippen LogP contribution in [0.2, 0.25) is 0 Å². The highest BCUT2D eigenvalue weighted by molar-refractivity contribution is 5.89. The zero-order chi connectivity index (χ0) is 13.4. The first-order valence-corrected chi connectivity index (χ1v) is 6.88. The highest BCUT2D eigenvalue weighted by Crippen LogP contribution is 2.49. The third kappa shape index (κ3) is 2.80. The fourth-order valence-corrected chi connectivity index (χ4v) is 2.73. The number of rotatable bonds is 6. The number of anilines is 2. The molecule has 0 bridgehead atoms. The normalized spacial score (nSPS) is 18.6. The second-order valence-corrected chi connectivity index (χ2v) is 5.69. The van der Waals surface area contributed by atoms with E-state index in [1.165, 1.54) is 37.9 Å². The maximum Gasteiger partial charge on any atom is 0.337 e. The van der Waals surface area contributed by atoms with E-state index in [1.54, 1.807) is 0 Å². The van der Waals surface area contributed by atoms with Crippen LogP contribution in [0.15, 0.2) is 12.3 Å². The lowest BCUT2D eigenvalue weighted by molar-refractivity contribution is 0.0696. The predicted octanol–water partition coefficient (Wildman–Crippen LogP) is 2.21. The predicted molar refractivity (Wildman–Crippen MR) is 73.0 cm³/mol. The second kappa shape index (κ2) is 4.72. The van der Waals surface area contributed by atoms with Gasteiger partial charge >= 0.3 is 5.97 Å². The summed E-state index contributed by atoms with van der Waals surface area (Å²) in [6.45, 7) is 0.902. The molecule has 0 spiro atoms. The quantitative estimate of drug-likeness (QED) is 0.730. The summed E-state index contributed by atoms with van der Waals surface area (Å²) >= 11 is 0. The van der Waals surface area contributed by atoms with Crippen molar-refractivity contribution in [2.75, 3.05) is 17.6 Å². The Hall–Kier alpha value is -1.78. The molecule has 5 heteroatoms. The molecule has 19 heavy (non-hydrogen) atoms. The van der Waals surface area contributed by atoms with Gasteiger partial charge in [0.2, 0.25) is 0 Å². The number of pyridine rings is 1. The Morgan fingerprint density at radius 1 is 1.42 bits per heavy atom. The molecule has 0 amide bonds. The zero-order valence-corrected chi connectivity index (χ0v) is 10.8. The van der Waals surface area contributed by atoms with Gasteiger partial charge in [-0.15, -0.1) is 0 Å².